The van der Waals surface area contributed by atoms with Crippen LogP contribution in [0.1, 0.15) is 57.1 Å². The van der Waals surface area contributed by atoms with Gasteiger partial charge in [0.1, 0.15) is 5.56 Å². The number of aliphatic hydroxyl groups excluding tert-OH is 1. The minimum atomic E-state index is -2.34. The molecule has 7 nitrogen and oxygen atoms in total. The summed E-state index contributed by atoms with van der Waals surface area (Å²) in [5.74, 6) is -12.6. The molecule has 0 saturated carbocycles. The van der Waals surface area contributed by atoms with Crippen LogP contribution < -0.4 is 5.32 Å². The highest BCUT2D eigenvalue weighted by molar-refractivity contribution is 5.94. The summed E-state index contributed by atoms with van der Waals surface area (Å²) < 4.78 is 82.2. The Balaban J connectivity index is 1.18. The molecule has 6 rings (SSSR count). The number of nitrogens with zero attached hydrogens (tertiary/aromatic N) is 2. The summed E-state index contributed by atoms with van der Waals surface area (Å²) in [4.78, 5) is 19.1. The maximum absolute atomic E-state index is 14.2. The van der Waals surface area contributed by atoms with Gasteiger partial charge in [-0.05, 0) is 59.1 Å². The Kier molecular flexibility index (Phi) is 11.7. The monoisotopic (exact) mass is 717 g/mol. The third-order valence-corrected chi connectivity index (χ3v) is 8.92. The van der Waals surface area contributed by atoms with E-state index < -0.39 is 46.8 Å². The number of benzene rings is 4. The number of carbonyl (C=O) groups is 1. The van der Waals surface area contributed by atoms with Crippen LogP contribution in [0, 0.1) is 29.1 Å². The predicted molar refractivity (Wildman–Crippen MR) is 183 cm³/mol. The SMILES string of the molecule is CN(CCc1ccccn1)CC1CC(c2ccc(CO)cc2)OC(c2cccc(-c3cccc(CNC(=O)c4c(F)c(F)c(F)c(F)c4F)c3)c2)O1. The Bertz CT molecular complexity index is 1990. The first-order chi connectivity index (χ1) is 25.1. The van der Waals surface area contributed by atoms with Crippen LogP contribution in [-0.2, 0) is 29.0 Å². The minimum absolute atomic E-state index is 0.0626. The smallest absolute Gasteiger partial charge is 0.257 e. The molecule has 1 aliphatic heterocycles. The van der Waals surface area contributed by atoms with Crippen molar-refractivity contribution in [2.45, 2.75) is 44.5 Å². The van der Waals surface area contributed by atoms with Gasteiger partial charge in [-0.15, -0.1) is 0 Å². The summed E-state index contributed by atoms with van der Waals surface area (Å²) in [6.07, 6.45) is 2.01. The summed E-state index contributed by atoms with van der Waals surface area (Å²) in [5, 5.41) is 11.8. The number of hydrogen-bond acceptors (Lipinski definition) is 6. The summed E-state index contributed by atoms with van der Waals surface area (Å²) in [6, 6.07) is 28.0. The number of amides is 1. The second-order valence-corrected chi connectivity index (χ2v) is 12.6. The molecule has 3 unspecified atom stereocenters. The molecule has 3 atom stereocenters. The van der Waals surface area contributed by atoms with Gasteiger partial charge in [-0.2, -0.15) is 0 Å². The first-order valence-corrected chi connectivity index (χ1v) is 16.7. The van der Waals surface area contributed by atoms with Crippen molar-refractivity contribution in [1.29, 1.82) is 0 Å². The van der Waals surface area contributed by atoms with Crippen molar-refractivity contribution in [1.82, 2.24) is 15.2 Å². The van der Waals surface area contributed by atoms with Gasteiger partial charge in [0.2, 0.25) is 5.82 Å². The van der Waals surface area contributed by atoms with E-state index in [1.54, 1.807) is 24.4 Å². The van der Waals surface area contributed by atoms with Crippen LogP contribution in [0.15, 0.2) is 97.2 Å². The van der Waals surface area contributed by atoms with Crippen molar-refractivity contribution in [3.8, 4) is 11.1 Å². The van der Waals surface area contributed by atoms with Crippen molar-refractivity contribution in [2.75, 3.05) is 20.1 Å². The molecule has 0 spiro atoms. The van der Waals surface area contributed by atoms with Gasteiger partial charge in [0.15, 0.2) is 29.6 Å². The molecule has 12 heteroatoms. The number of hydrogen-bond donors (Lipinski definition) is 2. The zero-order valence-electron chi connectivity index (χ0n) is 28.2. The van der Waals surface area contributed by atoms with Crippen LogP contribution in [0.3, 0.4) is 0 Å². The summed E-state index contributed by atoms with van der Waals surface area (Å²) in [7, 11) is 2.04. The van der Waals surface area contributed by atoms with Crippen LogP contribution in [0.4, 0.5) is 22.0 Å². The number of rotatable bonds is 12. The van der Waals surface area contributed by atoms with Crippen LogP contribution in [-0.4, -0.2) is 47.1 Å². The van der Waals surface area contributed by atoms with Gasteiger partial charge in [0.05, 0.1) is 18.8 Å². The first-order valence-electron chi connectivity index (χ1n) is 16.7. The van der Waals surface area contributed by atoms with Gasteiger partial charge >= 0.3 is 0 Å². The Labute approximate surface area is 297 Å². The van der Waals surface area contributed by atoms with Crippen LogP contribution in [0.2, 0.25) is 0 Å². The number of ether oxygens (including phenoxy) is 2. The van der Waals surface area contributed by atoms with Gasteiger partial charge in [-0.3, -0.25) is 9.78 Å². The summed E-state index contributed by atoms with van der Waals surface area (Å²) in [6.45, 7) is 1.13. The van der Waals surface area contributed by atoms with E-state index >= 15 is 0 Å². The lowest BCUT2D eigenvalue weighted by atomic mass is 9.98. The highest BCUT2D eigenvalue weighted by atomic mass is 19.2. The van der Waals surface area contributed by atoms with Crippen molar-refractivity contribution in [2.24, 2.45) is 0 Å². The molecule has 5 aromatic rings. The molecule has 0 bridgehead atoms. The third kappa shape index (κ3) is 8.54. The molecule has 52 heavy (non-hydrogen) atoms. The largest absolute Gasteiger partial charge is 0.392 e. The molecular formula is C40H36F5N3O4. The van der Waals surface area contributed by atoms with E-state index in [-0.39, 0.29) is 25.4 Å². The molecule has 1 aliphatic rings. The second-order valence-electron chi connectivity index (χ2n) is 12.6. The molecule has 0 aliphatic carbocycles. The van der Waals surface area contributed by atoms with E-state index in [0.29, 0.717) is 18.5 Å². The molecule has 4 aromatic carbocycles. The molecular weight excluding hydrogens is 681 g/mol. The lowest BCUT2D eigenvalue weighted by molar-refractivity contribution is -0.252. The standard InChI is InChI=1S/C40H36F5N3O4/c1-48(17-15-30-10-2-3-16-46-30)22-31-20-32(26-13-11-24(23-49)12-14-26)52-40(51-31)29-9-5-8-28(19-29)27-7-4-6-25(18-27)21-47-39(50)33-34(41)36(43)38(45)37(44)35(33)42/h2-14,16,18-19,31-32,40,49H,15,17,20-23H2,1H3,(H,47,50). The Morgan fingerprint density at radius 2 is 1.50 bits per heavy atom. The number of carbonyl (C=O) groups excluding carboxylic acids is 1. The van der Waals surface area contributed by atoms with Crippen LogP contribution >= 0.6 is 0 Å². The molecule has 0 radical (unpaired) electrons. The number of nitrogens with one attached hydrogen (secondary N) is 1. The van der Waals surface area contributed by atoms with Crippen molar-refractivity contribution < 1.29 is 41.3 Å². The molecule has 1 aromatic heterocycles. The summed E-state index contributed by atoms with van der Waals surface area (Å²) in [5.41, 5.74) is 4.03. The van der Waals surface area contributed by atoms with Gasteiger partial charge in [-0.25, -0.2) is 22.0 Å². The van der Waals surface area contributed by atoms with Gasteiger partial charge < -0.3 is 24.8 Å². The Hall–Kier alpha value is -5.01. The van der Waals surface area contributed by atoms with E-state index in [2.05, 4.69) is 15.2 Å². The number of halogens is 5. The third-order valence-electron chi connectivity index (χ3n) is 8.92. The van der Waals surface area contributed by atoms with E-state index in [0.717, 1.165) is 46.5 Å². The molecule has 2 N–H and O–H groups in total. The molecule has 1 fully saturated rings. The van der Waals surface area contributed by atoms with Gasteiger partial charge in [-0.1, -0.05) is 66.7 Å². The van der Waals surface area contributed by atoms with Crippen LogP contribution in [0.5, 0.6) is 0 Å². The second kappa shape index (κ2) is 16.6. The fourth-order valence-corrected chi connectivity index (χ4v) is 6.12. The summed E-state index contributed by atoms with van der Waals surface area (Å²) >= 11 is 0. The molecule has 1 amide bonds. The quantitative estimate of drug-likeness (QED) is 0.0787. The predicted octanol–water partition coefficient (Wildman–Crippen LogP) is 7.59. The maximum atomic E-state index is 14.2. The van der Waals surface area contributed by atoms with Gasteiger partial charge in [0, 0.05) is 49.9 Å². The number of pyridine rings is 1. The van der Waals surface area contributed by atoms with Crippen molar-refractivity contribution >= 4 is 5.91 Å². The Morgan fingerprint density at radius 3 is 2.19 bits per heavy atom. The molecule has 2 heterocycles. The van der Waals surface area contributed by atoms with E-state index in [9.17, 15) is 31.9 Å². The average molecular weight is 718 g/mol. The lowest BCUT2D eigenvalue weighted by Gasteiger charge is -2.38. The zero-order valence-corrected chi connectivity index (χ0v) is 28.2. The first kappa shape index (κ1) is 36.8. The number of aromatic nitrogens is 1. The Morgan fingerprint density at radius 1 is 0.808 bits per heavy atom. The maximum Gasteiger partial charge on any atom is 0.257 e. The fraction of sp³-hybridized carbons (Fsp3) is 0.250. The molecule has 1 saturated heterocycles. The molecule has 270 valence electrons. The van der Waals surface area contributed by atoms with E-state index in [4.69, 9.17) is 9.47 Å². The number of aliphatic hydroxyl groups is 1. The fourth-order valence-electron chi connectivity index (χ4n) is 6.12. The topological polar surface area (TPSA) is 83.9 Å². The number of likely N-dealkylation sites (N-methyl/N-ethyl adjacent to an activating group) is 1. The zero-order chi connectivity index (χ0) is 36.8. The van der Waals surface area contributed by atoms with Crippen molar-refractivity contribution in [3.05, 3.63) is 160 Å². The van der Waals surface area contributed by atoms with E-state index in [1.165, 1.54) is 0 Å². The van der Waals surface area contributed by atoms with E-state index in [1.807, 2.05) is 79.8 Å². The highest BCUT2D eigenvalue weighted by Crippen LogP contribution is 2.39. The lowest BCUT2D eigenvalue weighted by Crippen LogP contribution is -2.38. The van der Waals surface area contributed by atoms with Crippen molar-refractivity contribution in [3.63, 3.8) is 0 Å². The normalized spacial score (nSPS) is 17.3. The van der Waals surface area contributed by atoms with Gasteiger partial charge in [0.25, 0.3) is 5.91 Å². The highest BCUT2D eigenvalue weighted by Gasteiger charge is 2.33. The van der Waals surface area contributed by atoms with Crippen LogP contribution in [0.25, 0.3) is 11.1 Å². The minimum Gasteiger partial charge on any atom is -0.392 e. The average Bonchev–Trinajstić information content (AvgIpc) is 3.18.